The number of fused-ring (bicyclic) bond motifs is 1. The molecule has 33 heavy (non-hydrogen) atoms. The van der Waals surface area contributed by atoms with Gasteiger partial charge in [-0.3, -0.25) is 4.21 Å². The lowest BCUT2D eigenvalue weighted by Gasteiger charge is -2.43. The van der Waals surface area contributed by atoms with Crippen LogP contribution in [0.5, 0.6) is 0 Å². The zero-order valence-electron chi connectivity index (χ0n) is 17.9. The lowest BCUT2D eigenvalue weighted by molar-refractivity contribution is 0.144. The molecule has 1 aliphatic carbocycles. The molecule has 0 radical (unpaired) electrons. The summed E-state index contributed by atoms with van der Waals surface area (Å²) < 4.78 is 28.0. The van der Waals surface area contributed by atoms with Crippen molar-refractivity contribution in [1.29, 1.82) is 5.26 Å². The normalized spacial score (nSPS) is 25.8. The molecule has 2 aromatic heterocycles. The van der Waals surface area contributed by atoms with Crippen molar-refractivity contribution in [3.8, 4) is 6.07 Å². The Balaban J connectivity index is 1.49. The summed E-state index contributed by atoms with van der Waals surface area (Å²) in [5.41, 5.74) is 0.903. The Morgan fingerprint density at radius 3 is 2.76 bits per heavy atom. The summed E-state index contributed by atoms with van der Waals surface area (Å²) in [6.07, 6.45) is 5.20. The van der Waals surface area contributed by atoms with E-state index in [1.807, 2.05) is 0 Å². The third kappa shape index (κ3) is 3.96. The average molecular weight is 491 g/mol. The van der Waals surface area contributed by atoms with Crippen molar-refractivity contribution in [2.45, 2.75) is 54.6 Å². The highest BCUT2D eigenvalue weighted by atomic mass is 35.5. The first-order chi connectivity index (χ1) is 15.9. The number of aliphatic hydroxyl groups is 1. The molecule has 0 bridgehead atoms. The number of aromatic nitrogens is 3. The molecule has 11 heteroatoms. The molecule has 174 valence electrons. The summed E-state index contributed by atoms with van der Waals surface area (Å²) in [5.74, 6) is 0.806. The van der Waals surface area contributed by atoms with Gasteiger partial charge >= 0.3 is 0 Å². The Morgan fingerprint density at radius 2 is 2.15 bits per heavy atom. The summed E-state index contributed by atoms with van der Waals surface area (Å²) >= 11 is 5.86. The van der Waals surface area contributed by atoms with Gasteiger partial charge in [-0.1, -0.05) is 11.6 Å². The van der Waals surface area contributed by atoms with Gasteiger partial charge in [-0.05, 0) is 25.7 Å². The summed E-state index contributed by atoms with van der Waals surface area (Å²) in [6.45, 7) is 0.450. The van der Waals surface area contributed by atoms with Crippen LogP contribution in [0.4, 0.5) is 15.9 Å². The Hall–Kier alpha value is -2.35. The standard InChI is InChI=1S/C22H24ClFN6O2S/c23-13-9-26-20(27-10-13)14-2-6-30(11-16(14)24)21-15(8-25)18(29-22(12-31)4-1-5-22)19-17(28-21)3-7-33(19)32/h9-10,14,16,31H,1-7,11-12H2,(H,28,29). The predicted octanol–water partition coefficient (Wildman–Crippen LogP) is 2.72. The highest BCUT2D eigenvalue weighted by Crippen LogP contribution is 2.43. The van der Waals surface area contributed by atoms with Crippen molar-refractivity contribution in [3.05, 3.63) is 34.5 Å². The Morgan fingerprint density at radius 1 is 1.39 bits per heavy atom. The van der Waals surface area contributed by atoms with Crippen LogP contribution >= 0.6 is 11.6 Å². The number of halogens is 2. The second-order valence-electron chi connectivity index (χ2n) is 8.91. The molecule has 2 aliphatic heterocycles. The third-order valence-electron chi connectivity index (χ3n) is 6.88. The largest absolute Gasteiger partial charge is 0.394 e. The molecule has 8 nitrogen and oxygen atoms in total. The maximum Gasteiger partial charge on any atom is 0.149 e. The molecular weight excluding hydrogens is 467 g/mol. The van der Waals surface area contributed by atoms with E-state index >= 15 is 4.39 Å². The minimum Gasteiger partial charge on any atom is -0.394 e. The Labute approximate surface area is 198 Å². The third-order valence-corrected chi connectivity index (χ3v) is 8.55. The second kappa shape index (κ2) is 8.78. The first kappa shape index (κ1) is 22.4. The monoisotopic (exact) mass is 490 g/mol. The van der Waals surface area contributed by atoms with Crippen LogP contribution in [0.15, 0.2) is 17.3 Å². The fourth-order valence-electron chi connectivity index (χ4n) is 4.86. The van der Waals surface area contributed by atoms with Crippen molar-refractivity contribution in [2.75, 3.05) is 35.7 Å². The summed E-state index contributed by atoms with van der Waals surface area (Å²) in [4.78, 5) is 15.4. The van der Waals surface area contributed by atoms with Crippen LogP contribution in [0.1, 0.15) is 48.7 Å². The smallest absolute Gasteiger partial charge is 0.149 e. The second-order valence-corrected chi connectivity index (χ2v) is 10.9. The molecular formula is C22H24ClFN6O2S. The zero-order chi connectivity index (χ0) is 23.2. The molecule has 0 aromatic carbocycles. The van der Waals surface area contributed by atoms with Crippen LogP contribution in [0, 0.1) is 11.3 Å². The number of hydrogen-bond donors (Lipinski definition) is 2. The fourth-order valence-corrected chi connectivity index (χ4v) is 6.33. The van der Waals surface area contributed by atoms with Gasteiger partial charge in [0.05, 0.1) is 56.7 Å². The van der Waals surface area contributed by atoms with Gasteiger partial charge in [0, 0.05) is 31.1 Å². The van der Waals surface area contributed by atoms with Crippen LogP contribution in [0.3, 0.4) is 0 Å². The number of nitriles is 1. The number of pyridine rings is 1. The average Bonchev–Trinajstić information content (AvgIpc) is 3.17. The van der Waals surface area contributed by atoms with Gasteiger partial charge in [0.1, 0.15) is 29.4 Å². The zero-order valence-corrected chi connectivity index (χ0v) is 19.5. The van der Waals surface area contributed by atoms with E-state index in [0.29, 0.717) is 58.1 Å². The number of aryl methyl sites for hydroxylation is 1. The Bertz CT molecular complexity index is 1130. The van der Waals surface area contributed by atoms with Crippen molar-refractivity contribution in [2.24, 2.45) is 0 Å². The van der Waals surface area contributed by atoms with Crippen LogP contribution in [0.25, 0.3) is 0 Å². The molecule has 3 unspecified atom stereocenters. The summed E-state index contributed by atoms with van der Waals surface area (Å²) in [5, 5.41) is 23.8. The van der Waals surface area contributed by atoms with Crippen LogP contribution in [-0.4, -0.2) is 61.4 Å². The van der Waals surface area contributed by atoms with E-state index in [1.54, 1.807) is 4.90 Å². The van der Waals surface area contributed by atoms with Gasteiger partial charge in [0.2, 0.25) is 0 Å². The molecule has 3 aliphatic rings. The number of hydrogen-bond acceptors (Lipinski definition) is 8. The first-order valence-corrected chi connectivity index (χ1v) is 12.8. The maximum atomic E-state index is 15.3. The molecule has 4 heterocycles. The highest BCUT2D eigenvalue weighted by Gasteiger charge is 2.41. The van der Waals surface area contributed by atoms with Crippen molar-refractivity contribution in [3.63, 3.8) is 0 Å². The molecule has 0 spiro atoms. The van der Waals surface area contributed by atoms with Gasteiger partial charge in [-0.2, -0.15) is 5.26 Å². The lowest BCUT2D eigenvalue weighted by atomic mass is 9.77. The number of nitrogens with zero attached hydrogens (tertiary/aromatic N) is 5. The maximum absolute atomic E-state index is 15.3. The minimum atomic E-state index is -1.27. The van der Waals surface area contributed by atoms with Crippen LogP contribution in [-0.2, 0) is 17.2 Å². The number of piperidine rings is 1. The predicted molar refractivity (Wildman–Crippen MR) is 123 cm³/mol. The van der Waals surface area contributed by atoms with Gasteiger partial charge in [0.15, 0.2) is 0 Å². The number of anilines is 2. The first-order valence-electron chi connectivity index (χ1n) is 11.1. The van der Waals surface area contributed by atoms with E-state index in [-0.39, 0.29) is 18.7 Å². The van der Waals surface area contributed by atoms with Gasteiger partial charge in [0.25, 0.3) is 0 Å². The summed E-state index contributed by atoms with van der Waals surface area (Å²) in [6, 6.07) is 2.23. The van der Waals surface area contributed by atoms with E-state index in [9.17, 15) is 14.6 Å². The molecule has 1 saturated carbocycles. The topological polar surface area (TPSA) is 115 Å². The van der Waals surface area contributed by atoms with E-state index in [1.165, 1.54) is 12.4 Å². The molecule has 2 aromatic rings. The molecule has 2 fully saturated rings. The molecule has 2 N–H and O–H groups in total. The molecule has 5 rings (SSSR count). The highest BCUT2D eigenvalue weighted by molar-refractivity contribution is 7.85. The molecule has 3 atom stereocenters. The van der Waals surface area contributed by atoms with E-state index in [0.717, 1.165) is 19.3 Å². The van der Waals surface area contributed by atoms with E-state index in [2.05, 4.69) is 21.4 Å². The van der Waals surface area contributed by atoms with Crippen molar-refractivity contribution < 1.29 is 13.7 Å². The summed E-state index contributed by atoms with van der Waals surface area (Å²) in [7, 11) is -1.27. The number of alkyl halides is 1. The number of rotatable bonds is 5. The molecule has 1 saturated heterocycles. The van der Waals surface area contributed by atoms with E-state index < -0.39 is 28.4 Å². The fraction of sp³-hybridized carbons (Fsp3) is 0.545. The van der Waals surface area contributed by atoms with Gasteiger partial charge in [-0.15, -0.1) is 0 Å². The molecule has 0 amide bonds. The lowest BCUT2D eigenvalue weighted by Crippen LogP contribution is -2.49. The van der Waals surface area contributed by atoms with Gasteiger partial charge < -0.3 is 15.3 Å². The number of aliphatic hydroxyl groups excluding tert-OH is 1. The van der Waals surface area contributed by atoms with Crippen LogP contribution < -0.4 is 10.2 Å². The SMILES string of the molecule is N#Cc1c(N2CCC(c3ncc(Cl)cn3)C(F)C2)nc2c(c1NC1(CO)CCC1)S(=O)CC2. The quantitative estimate of drug-likeness (QED) is 0.657. The van der Waals surface area contributed by atoms with E-state index in [4.69, 9.17) is 16.6 Å². The van der Waals surface area contributed by atoms with Crippen molar-refractivity contribution >= 4 is 33.9 Å². The van der Waals surface area contributed by atoms with Gasteiger partial charge in [-0.25, -0.2) is 19.3 Å². The number of nitrogens with one attached hydrogen (secondary N) is 1. The Kier molecular flexibility index (Phi) is 5.97. The van der Waals surface area contributed by atoms with Crippen molar-refractivity contribution in [1.82, 2.24) is 15.0 Å². The minimum absolute atomic E-state index is 0.0464. The van der Waals surface area contributed by atoms with Crippen LogP contribution in [0.2, 0.25) is 5.02 Å².